The molecule has 2 aliphatic heterocycles. The largest absolute Gasteiger partial charge is 0.298 e. The van der Waals surface area contributed by atoms with Gasteiger partial charge < -0.3 is 0 Å². The number of hydrogen-bond donors (Lipinski definition) is 1. The molecule has 1 atom stereocenters. The fourth-order valence-corrected chi connectivity index (χ4v) is 4.57. The van der Waals surface area contributed by atoms with Crippen molar-refractivity contribution in [3.8, 4) is 0 Å². The van der Waals surface area contributed by atoms with Gasteiger partial charge >= 0.3 is 0 Å². The van der Waals surface area contributed by atoms with E-state index in [2.05, 4.69) is 30.6 Å². The van der Waals surface area contributed by atoms with Gasteiger partial charge in [0, 0.05) is 11.0 Å². The molecule has 3 heterocycles. The number of carbonyl (C=O) groups excluding carboxylic acids is 1. The highest BCUT2D eigenvalue weighted by atomic mass is 32.2. The van der Waals surface area contributed by atoms with Crippen LogP contribution in [0, 0.1) is 6.92 Å². The second kappa shape index (κ2) is 6.65. The van der Waals surface area contributed by atoms with Gasteiger partial charge in [-0.1, -0.05) is 36.9 Å². The predicted molar refractivity (Wildman–Crippen MR) is 103 cm³/mol. The lowest BCUT2D eigenvalue weighted by molar-refractivity contribution is -0.116. The zero-order chi connectivity index (χ0) is 17.4. The van der Waals surface area contributed by atoms with Crippen LogP contribution in [-0.4, -0.2) is 21.8 Å². The summed E-state index contributed by atoms with van der Waals surface area (Å²) < 4.78 is 0. The Hall–Kier alpha value is -2.12. The van der Waals surface area contributed by atoms with Crippen LogP contribution < -0.4 is 15.9 Å². The molecule has 7 heteroatoms. The van der Waals surface area contributed by atoms with Gasteiger partial charge in [0.25, 0.3) is 5.91 Å². The second-order valence-electron chi connectivity index (χ2n) is 5.89. The summed E-state index contributed by atoms with van der Waals surface area (Å²) in [6, 6.07) is 9.83. The Morgan fingerprint density at radius 1 is 1.32 bits per heavy atom. The van der Waals surface area contributed by atoms with Crippen LogP contribution in [-0.2, 0) is 4.79 Å². The number of amidine groups is 1. The number of thioether (sulfide) groups is 1. The summed E-state index contributed by atoms with van der Waals surface area (Å²) in [4.78, 5) is 18.9. The van der Waals surface area contributed by atoms with Crippen molar-refractivity contribution < 1.29 is 4.79 Å². The molecule has 25 heavy (non-hydrogen) atoms. The van der Waals surface area contributed by atoms with Crippen molar-refractivity contribution in [3.05, 3.63) is 56.7 Å². The van der Waals surface area contributed by atoms with Gasteiger partial charge in [-0.15, -0.1) is 16.4 Å². The minimum atomic E-state index is -0.298. The van der Waals surface area contributed by atoms with Crippen LogP contribution in [0.15, 0.2) is 45.8 Å². The first-order valence-electron chi connectivity index (χ1n) is 8.22. The van der Waals surface area contributed by atoms with Crippen molar-refractivity contribution in [1.29, 1.82) is 0 Å². The monoisotopic (exact) mass is 370 g/mol. The van der Waals surface area contributed by atoms with Crippen LogP contribution in [0.2, 0.25) is 0 Å². The molecule has 0 bridgehead atoms. The lowest BCUT2D eigenvalue weighted by atomic mass is 10.1. The van der Waals surface area contributed by atoms with E-state index in [0.29, 0.717) is 10.9 Å². The Kier molecular flexibility index (Phi) is 4.35. The molecule has 2 aromatic rings. The molecule has 1 N–H and O–H groups in total. The van der Waals surface area contributed by atoms with Crippen LogP contribution in [0.5, 0.6) is 0 Å². The van der Waals surface area contributed by atoms with Crippen LogP contribution in [0.4, 0.5) is 0 Å². The minimum absolute atomic E-state index is 0.116. The van der Waals surface area contributed by atoms with E-state index in [4.69, 9.17) is 10.1 Å². The molecule has 1 amide bonds. The van der Waals surface area contributed by atoms with Gasteiger partial charge in [-0.2, -0.15) is 0 Å². The Morgan fingerprint density at radius 3 is 2.92 bits per heavy atom. The van der Waals surface area contributed by atoms with Crippen LogP contribution in [0.3, 0.4) is 0 Å². The molecule has 5 nitrogen and oxygen atoms in total. The van der Waals surface area contributed by atoms with E-state index in [0.717, 1.165) is 27.6 Å². The van der Waals surface area contributed by atoms with E-state index in [1.165, 1.54) is 5.56 Å². The number of para-hydroxylation sites is 1. The number of rotatable bonds is 3. The molecule has 1 unspecified atom stereocenters. The molecule has 2 aliphatic rings. The second-order valence-corrected chi connectivity index (χ2v) is 7.92. The van der Waals surface area contributed by atoms with Gasteiger partial charge in [-0.25, -0.2) is 5.01 Å². The standard InChI is InChI=1S/C18H18N4OS2/c1-3-9-25-18-20-17(23)14-12-6-4-5-7-13(12)19-16(22(14)21-18)15-11(2)8-10-24-15/h4-8,10,16H,3,9H2,1-2H3,(H,20,21,23). The zero-order valence-corrected chi connectivity index (χ0v) is 15.7. The van der Waals surface area contributed by atoms with Gasteiger partial charge in [-0.05, 0) is 36.4 Å². The Labute approximate surface area is 154 Å². The summed E-state index contributed by atoms with van der Waals surface area (Å²) in [5.74, 6) is 0.800. The van der Waals surface area contributed by atoms with E-state index in [9.17, 15) is 4.79 Å². The molecular weight excluding hydrogens is 352 g/mol. The van der Waals surface area contributed by atoms with E-state index < -0.39 is 0 Å². The fraction of sp³-hybridized carbons (Fsp3) is 0.278. The van der Waals surface area contributed by atoms with E-state index >= 15 is 0 Å². The smallest absolute Gasteiger partial charge is 0.276 e. The maximum atomic E-state index is 12.8. The maximum absolute atomic E-state index is 12.8. The number of nitrogens with one attached hydrogen (secondary N) is 1. The quantitative estimate of drug-likeness (QED) is 0.902. The first-order chi connectivity index (χ1) is 12.2. The number of amides is 1. The third-order valence-electron chi connectivity index (χ3n) is 4.09. The SMILES string of the molecule is CCCSC1=NN2C(=c3ccccc3=NC2c2sccc2C)C(=O)N1. The summed E-state index contributed by atoms with van der Waals surface area (Å²) in [7, 11) is 0. The number of hydrogen-bond acceptors (Lipinski definition) is 6. The average molecular weight is 371 g/mol. The lowest BCUT2D eigenvalue weighted by Crippen LogP contribution is -2.50. The zero-order valence-electron chi connectivity index (χ0n) is 14.0. The molecule has 0 aliphatic carbocycles. The van der Waals surface area contributed by atoms with Crippen LogP contribution >= 0.6 is 23.1 Å². The number of fused-ring (bicyclic) bond motifs is 2. The van der Waals surface area contributed by atoms with Crippen molar-refractivity contribution in [2.24, 2.45) is 10.1 Å². The van der Waals surface area contributed by atoms with Crippen molar-refractivity contribution in [2.45, 2.75) is 26.4 Å². The number of nitrogens with zero attached hydrogens (tertiary/aromatic N) is 3. The van der Waals surface area contributed by atoms with Gasteiger partial charge in [-0.3, -0.25) is 15.1 Å². The van der Waals surface area contributed by atoms with Gasteiger partial charge in [0.1, 0.15) is 5.70 Å². The molecule has 4 rings (SSSR count). The van der Waals surface area contributed by atoms with Gasteiger partial charge in [0.15, 0.2) is 11.3 Å². The normalized spacial score (nSPS) is 18.9. The Balaban J connectivity index is 1.91. The summed E-state index contributed by atoms with van der Waals surface area (Å²) in [5, 5.41) is 13.8. The molecule has 0 fully saturated rings. The lowest BCUT2D eigenvalue weighted by Gasteiger charge is -2.33. The van der Waals surface area contributed by atoms with Gasteiger partial charge in [0.05, 0.1) is 10.2 Å². The molecule has 1 aromatic heterocycles. The molecular formula is C18H18N4OS2. The summed E-state index contributed by atoms with van der Waals surface area (Å²) in [5.41, 5.74) is 1.74. The highest BCUT2D eigenvalue weighted by Gasteiger charge is 2.35. The maximum Gasteiger partial charge on any atom is 0.276 e. The number of aryl methyl sites for hydroxylation is 1. The van der Waals surface area contributed by atoms with E-state index in [1.807, 2.05) is 24.3 Å². The third-order valence-corrected chi connectivity index (χ3v) is 6.22. The number of carbonyl (C=O) groups is 1. The summed E-state index contributed by atoms with van der Waals surface area (Å²) in [6.07, 6.45) is 0.727. The highest BCUT2D eigenvalue weighted by molar-refractivity contribution is 8.13. The first-order valence-corrected chi connectivity index (χ1v) is 10.1. The molecule has 0 saturated carbocycles. The van der Waals surface area contributed by atoms with Crippen LogP contribution in [0.1, 0.15) is 30.0 Å². The summed E-state index contributed by atoms with van der Waals surface area (Å²) >= 11 is 3.22. The molecule has 1 aromatic carbocycles. The average Bonchev–Trinajstić information content (AvgIpc) is 3.04. The van der Waals surface area contributed by atoms with Gasteiger partial charge in [0.2, 0.25) is 0 Å². The number of thiophene rings is 1. The molecule has 128 valence electrons. The van der Waals surface area contributed by atoms with E-state index in [-0.39, 0.29) is 12.1 Å². The first kappa shape index (κ1) is 16.4. The Bertz CT molecular complexity index is 979. The topological polar surface area (TPSA) is 57.1 Å². The minimum Gasteiger partial charge on any atom is -0.298 e. The number of hydrazone groups is 1. The molecule has 0 spiro atoms. The van der Waals surface area contributed by atoms with E-state index in [1.54, 1.807) is 28.1 Å². The van der Waals surface area contributed by atoms with Crippen molar-refractivity contribution in [2.75, 3.05) is 5.75 Å². The van der Waals surface area contributed by atoms with Crippen molar-refractivity contribution in [1.82, 2.24) is 10.3 Å². The number of benzene rings is 1. The third kappa shape index (κ3) is 2.87. The molecule has 0 saturated heterocycles. The summed E-state index contributed by atoms with van der Waals surface area (Å²) in [6.45, 7) is 4.18. The molecule has 0 radical (unpaired) electrons. The highest BCUT2D eigenvalue weighted by Crippen LogP contribution is 2.35. The van der Waals surface area contributed by atoms with Crippen LogP contribution in [0.25, 0.3) is 5.70 Å². The van der Waals surface area contributed by atoms with Crippen molar-refractivity contribution >= 4 is 39.9 Å². The van der Waals surface area contributed by atoms with Crippen molar-refractivity contribution in [3.63, 3.8) is 0 Å². The Morgan fingerprint density at radius 2 is 2.16 bits per heavy atom. The predicted octanol–water partition coefficient (Wildman–Crippen LogP) is 2.34. The fourth-order valence-electron chi connectivity index (χ4n) is 2.91.